The number of carbonyl (C=O) groups excluding carboxylic acids is 1. The quantitative estimate of drug-likeness (QED) is 0.885. The normalized spacial score (nSPS) is 17.4. The van der Waals surface area contributed by atoms with Gasteiger partial charge in [0.25, 0.3) is 5.91 Å². The molecule has 1 atom stereocenters. The number of anilines is 1. The molecule has 1 aliphatic heterocycles. The Balaban J connectivity index is 1.61. The lowest BCUT2D eigenvalue weighted by Gasteiger charge is -2.27. The third-order valence-corrected chi connectivity index (χ3v) is 4.98. The third kappa shape index (κ3) is 3.69. The molecule has 0 unspecified atom stereocenters. The first-order valence-corrected chi connectivity index (χ1v) is 8.98. The van der Waals surface area contributed by atoms with Crippen molar-refractivity contribution in [2.45, 2.75) is 38.6 Å². The zero-order valence-corrected chi connectivity index (χ0v) is 14.2. The predicted molar refractivity (Wildman–Crippen MR) is 93.0 cm³/mol. The van der Waals surface area contributed by atoms with Crippen molar-refractivity contribution >= 4 is 23.1 Å². The van der Waals surface area contributed by atoms with Gasteiger partial charge in [-0.2, -0.15) is 0 Å². The number of hydrogen-bond donors (Lipinski definition) is 1. The van der Waals surface area contributed by atoms with E-state index in [0.29, 0.717) is 17.5 Å². The molecule has 0 spiro atoms. The van der Waals surface area contributed by atoms with Gasteiger partial charge in [0.2, 0.25) is 0 Å². The van der Waals surface area contributed by atoms with Crippen LogP contribution in [0.15, 0.2) is 30.3 Å². The van der Waals surface area contributed by atoms with E-state index in [2.05, 4.69) is 51.0 Å². The van der Waals surface area contributed by atoms with E-state index in [1.807, 2.05) is 6.07 Å². The summed E-state index contributed by atoms with van der Waals surface area (Å²) in [6, 6.07) is 10.8. The largest absolute Gasteiger partial charge is 0.367 e. The first-order chi connectivity index (χ1) is 11.3. The fourth-order valence-electron chi connectivity index (χ4n) is 3.08. The number of aryl methyl sites for hydroxylation is 1. The number of aromatic nitrogens is 2. The molecule has 122 valence electrons. The molecule has 1 amide bonds. The van der Waals surface area contributed by atoms with Gasteiger partial charge in [-0.15, -0.1) is 5.10 Å². The van der Waals surface area contributed by atoms with Gasteiger partial charge in [-0.05, 0) is 42.9 Å². The molecule has 6 heteroatoms. The maximum Gasteiger partial charge on any atom is 0.265 e. The van der Waals surface area contributed by atoms with Crippen molar-refractivity contribution in [3.8, 4) is 0 Å². The predicted octanol–water partition coefficient (Wildman–Crippen LogP) is 2.89. The molecule has 1 N–H and O–H groups in total. The Morgan fingerprint density at radius 2 is 2.22 bits per heavy atom. The summed E-state index contributed by atoms with van der Waals surface area (Å²) in [5.74, 6) is -0.0386. The van der Waals surface area contributed by atoms with Gasteiger partial charge in [0.15, 0.2) is 0 Å². The molecule has 1 aromatic carbocycles. The van der Waals surface area contributed by atoms with Gasteiger partial charge >= 0.3 is 0 Å². The van der Waals surface area contributed by atoms with Crippen molar-refractivity contribution in [3.05, 3.63) is 40.9 Å². The van der Waals surface area contributed by atoms with Crippen molar-refractivity contribution in [2.75, 3.05) is 18.0 Å². The van der Waals surface area contributed by atoms with Crippen LogP contribution in [0.5, 0.6) is 0 Å². The Morgan fingerprint density at radius 3 is 3.00 bits per heavy atom. The van der Waals surface area contributed by atoms with E-state index in [-0.39, 0.29) is 5.91 Å². The van der Waals surface area contributed by atoms with E-state index in [9.17, 15) is 4.79 Å². The highest BCUT2D eigenvalue weighted by Gasteiger charge is 2.25. The second kappa shape index (κ2) is 7.55. The van der Waals surface area contributed by atoms with Crippen LogP contribution in [-0.4, -0.2) is 34.6 Å². The highest BCUT2D eigenvalue weighted by Crippen LogP contribution is 2.24. The smallest absolute Gasteiger partial charge is 0.265 e. The van der Waals surface area contributed by atoms with E-state index in [1.165, 1.54) is 23.6 Å². The van der Waals surface area contributed by atoms with Gasteiger partial charge in [0.1, 0.15) is 4.88 Å². The molecule has 3 rings (SSSR count). The third-order valence-electron chi connectivity index (χ3n) is 4.21. The zero-order valence-electron chi connectivity index (χ0n) is 13.4. The van der Waals surface area contributed by atoms with E-state index >= 15 is 0 Å². The van der Waals surface area contributed by atoms with E-state index in [4.69, 9.17) is 0 Å². The van der Waals surface area contributed by atoms with Crippen molar-refractivity contribution in [2.24, 2.45) is 0 Å². The second-order valence-corrected chi connectivity index (χ2v) is 6.59. The van der Waals surface area contributed by atoms with Crippen LogP contribution in [0.4, 0.5) is 5.69 Å². The molecule has 0 radical (unpaired) electrons. The van der Waals surface area contributed by atoms with Crippen LogP contribution in [0.25, 0.3) is 0 Å². The molecular weight excluding hydrogens is 308 g/mol. The average molecular weight is 330 g/mol. The van der Waals surface area contributed by atoms with Crippen molar-refractivity contribution in [1.29, 1.82) is 0 Å². The zero-order chi connectivity index (χ0) is 16.1. The minimum Gasteiger partial charge on any atom is -0.367 e. The molecule has 0 saturated carbocycles. The number of carbonyl (C=O) groups is 1. The average Bonchev–Trinajstić information content (AvgIpc) is 3.23. The molecule has 1 aromatic heterocycles. The van der Waals surface area contributed by atoms with Crippen molar-refractivity contribution in [1.82, 2.24) is 14.9 Å². The van der Waals surface area contributed by atoms with Gasteiger partial charge < -0.3 is 10.2 Å². The lowest BCUT2D eigenvalue weighted by Crippen LogP contribution is -2.40. The van der Waals surface area contributed by atoms with Crippen LogP contribution in [0.1, 0.15) is 41.6 Å². The standard InChI is InChI=1S/C17H22N4OS/c1-2-7-15-16(23-20-19-15)17(22)18-12-14-10-6-11-21(14)13-8-4-3-5-9-13/h3-5,8-9,14H,2,6-7,10-12H2,1H3,(H,18,22)/t14-/m0/s1. The monoisotopic (exact) mass is 330 g/mol. The van der Waals surface area contributed by atoms with Crippen LogP contribution in [0.3, 0.4) is 0 Å². The molecule has 0 aliphatic carbocycles. The van der Waals surface area contributed by atoms with Crippen LogP contribution < -0.4 is 10.2 Å². The van der Waals surface area contributed by atoms with Gasteiger partial charge in [-0.3, -0.25) is 4.79 Å². The van der Waals surface area contributed by atoms with Crippen LogP contribution >= 0.6 is 11.5 Å². The number of benzene rings is 1. The summed E-state index contributed by atoms with van der Waals surface area (Å²) < 4.78 is 3.92. The lowest BCUT2D eigenvalue weighted by molar-refractivity contribution is 0.0954. The Morgan fingerprint density at radius 1 is 1.39 bits per heavy atom. The summed E-state index contributed by atoms with van der Waals surface area (Å²) in [5.41, 5.74) is 2.05. The van der Waals surface area contributed by atoms with Gasteiger partial charge in [0, 0.05) is 24.8 Å². The number of nitrogens with one attached hydrogen (secondary N) is 1. The summed E-state index contributed by atoms with van der Waals surface area (Å²) in [6.45, 7) is 3.79. The summed E-state index contributed by atoms with van der Waals surface area (Å²) >= 11 is 1.19. The Hall–Kier alpha value is -1.95. The van der Waals surface area contributed by atoms with Crippen molar-refractivity contribution < 1.29 is 4.79 Å². The van der Waals surface area contributed by atoms with Gasteiger partial charge in [0.05, 0.1) is 5.69 Å². The van der Waals surface area contributed by atoms with E-state index in [1.54, 1.807) is 0 Å². The van der Waals surface area contributed by atoms with Gasteiger partial charge in [-0.1, -0.05) is 36.0 Å². The summed E-state index contributed by atoms with van der Waals surface area (Å²) in [6.07, 6.45) is 4.05. The fraction of sp³-hybridized carbons (Fsp3) is 0.471. The number of hydrogen-bond acceptors (Lipinski definition) is 5. The Bertz CT molecular complexity index is 643. The molecule has 2 heterocycles. The van der Waals surface area contributed by atoms with E-state index in [0.717, 1.165) is 31.5 Å². The highest BCUT2D eigenvalue weighted by atomic mass is 32.1. The summed E-state index contributed by atoms with van der Waals surface area (Å²) in [4.78, 5) is 15.5. The minimum absolute atomic E-state index is 0.0386. The summed E-state index contributed by atoms with van der Waals surface area (Å²) in [7, 11) is 0. The summed E-state index contributed by atoms with van der Waals surface area (Å²) in [5, 5.41) is 7.14. The maximum absolute atomic E-state index is 12.4. The molecule has 1 saturated heterocycles. The number of amides is 1. The van der Waals surface area contributed by atoms with Crippen LogP contribution in [-0.2, 0) is 6.42 Å². The topological polar surface area (TPSA) is 58.1 Å². The lowest BCUT2D eigenvalue weighted by atomic mass is 10.2. The number of nitrogens with zero attached hydrogens (tertiary/aromatic N) is 3. The number of para-hydroxylation sites is 1. The maximum atomic E-state index is 12.4. The fourth-order valence-corrected chi connectivity index (χ4v) is 3.70. The molecule has 2 aromatic rings. The number of rotatable bonds is 6. The second-order valence-electron chi connectivity index (χ2n) is 5.83. The first kappa shape index (κ1) is 15.9. The Kier molecular flexibility index (Phi) is 5.23. The minimum atomic E-state index is -0.0386. The van der Waals surface area contributed by atoms with Crippen molar-refractivity contribution in [3.63, 3.8) is 0 Å². The molecule has 1 aliphatic rings. The molecule has 23 heavy (non-hydrogen) atoms. The first-order valence-electron chi connectivity index (χ1n) is 8.20. The SMILES string of the molecule is CCCc1nnsc1C(=O)NC[C@@H]1CCCN1c1ccccc1. The molecule has 5 nitrogen and oxygen atoms in total. The molecular formula is C17H22N4OS. The van der Waals surface area contributed by atoms with E-state index < -0.39 is 0 Å². The van der Waals surface area contributed by atoms with Crippen LogP contribution in [0, 0.1) is 0 Å². The Labute approximate surface area is 140 Å². The van der Waals surface area contributed by atoms with Crippen LogP contribution in [0.2, 0.25) is 0 Å². The highest BCUT2D eigenvalue weighted by molar-refractivity contribution is 7.08. The molecule has 0 bridgehead atoms. The molecule has 1 fully saturated rings. The van der Waals surface area contributed by atoms with Gasteiger partial charge in [-0.25, -0.2) is 0 Å².